The van der Waals surface area contributed by atoms with Crippen LogP contribution in [0.5, 0.6) is 5.75 Å². The Labute approximate surface area is 85.0 Å². The molecule has 0 heterocycles. The van der Waals surface area contributed by atoms with Gasteiger partial charge in [-0.2, -0.15) is 0 Å². The normalized spacial score (nSPS) is 15.9. The van der Waals surface area contributed by atoms with E-state index in [1.54, 1.807) is 12.1 Å². The van der Waals surface area contributed by atoms with Crippen molar-refractivity contribution >= 4 is 15.9 Å². The molecular formula is C10H10BrFO. The average Bonchev–Trinajstić information content (AvgIpc) is 2.91. The molecule has 1 aliphatic rings. The van der Waals surface area contributed by atoms with Gasteiger partial charge in [0.05, 0.1) is 7.11 Å². The molecule has 0 N–H and O–H groups in total. The minimum absolute atomic E-state index is 0.271. The van der Waals surface area contributed by atoms with Gasteiger partial charge >= 0.3 is 0 Å². The lowest BCUT2D eigenvalue weighted by molar-refractivity contribution is 0.386. The van der Waals surface area contributed by atoms with Crippen LogP contribution in [0.1, 0.15) is 24.3 Å². The SMILES string of the molecule is COc1cc(Br)c(C2CC2)cc1F. The van der Waals surface area contributed by atoms with Gasteiger partial charge in [-0.3, -0.25) is 0 Å². The molecule has 0 bridgehead atoms. The van der Waals surface area contributed by atoms with Gasteiger partial charge in [0.2, 0.25) is 0 Å². The van der Waals surface area contributed by atoms with Gasteiger partial charge in [-0.25, -0.2) is 4.39 Å². The van der Waals surface area contributed by atoms with Gasteiger partial charge in [0, 0.05) is 4.47 Å². The van der Waals surface area contributed by atoms with Gasteiger partial charge in [-0.15, -0.1) is 0 Å². The lowest BCUT2D eigenvalue weighted by atomic mass is 10.1. The van der Waals surface area contributed by atoms with E-state index >= 15 is 0 Å². The van der Waals surface area contributed by atoms with Crippen LogP contribution in [-0.4, -0.2) is 7.11 Å². The summed E-state index contributed by atoms with van der Waals surface area (Å²) in [5.41, 5.74) is 1.07. The maximum Gasteiger partial charge on any atom is 0.165 e. The lowest BCUT2D eigenvalue weighted by Gasteiger charge is -2.06. The number of halogens is 2. The Kier molecular flexibility index (Phi) is 2.28. The van der Waals surface area contributed by atoms with E-state index in [1.165, 1.54) is 20.0 Å². The summed E-state index contributed by atoms with van der Waals surface area (Å²) in [6.07, 6.45) is 2.34. The summed E-state index contributed by atoms with van der Waals surface area (Å²) in [6, 6.07) is 3.27. The van der Waals surface area contributed by atoms with E-state index in [2.05, 4.69) is 15.9 Å². The molecule has 0 aliphatic heterocycles. The van der Waals surface area contributed by atoms with Crippen LogP contribution in [0.25, 0.3) is 0 Å². The number of hydrogen-bond donors (Lipinski definition) is 0. The fourth-order valence-electron chi connectivity index (χ4n) is 1.41. The third-order valence-electron chi connectivity index (χ3n) is 2.29. The highest BCUT2D eigenvalue weighted by Gasteiger charge is 2.26. The van der Waals surface area contributed by atoms with Crippen LogP contribution in [0.15, 0.2) is 16.6 Å². The molecule has 1 nitrogen and oxygen atoms in total. The number of hydrogen-bond acceptors (Lipinski definition) is 1. The fourth-order valence-corrected chi connectivity index (χ4v) is 2.05. The highest BCUT2D eigenvalue weighted by Crippen LogP contribution is 2.44. The number of rotatable bonds is 2. The van der Waals surface area contributed by atoms with Crippen LogP contribution in [0, 0.1) is 5.82 Å². The Bertz CT molecular complexity index is 334. The van der Waals surface area contributed by atoms with E-state index in [0.29, 0.717) is 11.7 Å². The van der Waals surface area contributed by atoms with Gasteiger partial charge in [0.1, 0.15) is 0 Å². The average molecular weight is 245 g/mol. The monoisotopic (exact) mass is 244 g/mol. The first kappa shape index (κ1) is 9.00. The molecule has 0 aromatic heterocycles. The molecule has 1 aromatic rings. The predicted octanol–water partition coefficient (Wildman–Crippen LogP) is 3.47. The van der Waals surface area contributed by atoms with Crippen LogP contribution < -0.4 is 4.74 Å². The second-order valence-electron chi connectivity index (χ2n) is 3.28. The van der Waals surface area contributed by atoms with E-state index in [4.69, 9.17) is 4.74 Å². The summed E-state index contributed by atoms with van der Waals surface area (Å²) in [4.78, 5) is 0. The first-order chi connectivity index (χ1) is 6.22. The highest BCUT2D eigenvalue weighted by molar-refractivity contribution is 9.10. The van der Waals surface area contributed by atoms with Gasteiger partial charge in [0.15, 0.2) is 11.6 Å². The standard InChI is InChI=1S/C10H10BrFO/c1-13-10-5-8(11)7(4-9(10)12)6-2-3-6/h4-6H,2-3H2,1H3. The highest BCUT2D eigenvalue weighted by atomic mass is 79.9. The Hall–Kier alpha value is -0.570. The summed E-state index contributed by atoms with van der Waals surface area (Å²) in [5, 5.41) is 0. The van der Waals surface area contributed by atoms with Crippen molar-refractivity contribution in [3.8, 4) is 5.75 Å². The van der Waals surface area contributed by atoms with Crippen molar-refractivity contribution in [2.45, 2.75) is 18.8 Å². The second kappa shape index (κ2) is 3.29. The molecule has 0 atom stereocenters. The van der Waals surface area contributed by atoms with Gasteiger partial charge in [-0.05, 0) is 36.5 Å². The maximum atomic E-state index is 13.3. The van der Waals surface area contributed by atoms with Crippen LogP contribution >= 0.6 is 15.9 Å². The molecule has 1 fully saturated rings. The Balaban J connectivity index is 2.42. The molecule has 0 amide bonds. The molecule has 3 heteroatoms. The zero-order valence-electron chi connectivity index (χ0n) is 7.31. The van der Waals surface area contributed by atoms with Crippen molar-refractivity contribution in [3.63, 3.8) is 0 Å². The summed E-state index contributed by atoms with van der Waals surface area (Å²) in [7, 11) is 1.47. The maximum absolute atomic E-state index is 13.3. The number of benzene rings is 1. The molecule has 0 unspecified atom stereocenters. The zero-order valence-corrected chi connectivity index (χ0v) is 8.90. The van der Waals surface area contributed by atoms with Crippen molar-refractivity contribution in [2.24, 2.45) is 0 Å². The molecule has 1 aromatic carbocycles. The number of ether oxygens (including phenoxy) is 1. The largest absolute Gasteiger partial charge is 0.494 e. The van der Waals surface area contributed by atoms with Gasteiger partial charge < -0.3 is 4.74 Å². The minimum atomic E-state index is -0.271. The minimum Gasteiger partial charge on any atom is -0.494 e. The zero-order chi connectivity index (χ0) is 9.42. The van der Waals surface area contributed by atoms with E-state index in [-0.39, 0.29) is 5.82 Å². The molecule has 0 saturated heterocycles. The summed E-state index contributed by atoms with van der Waals surface area (Å²) in [5.74, 6) is 0.582. The molecule has 0 radical (unpaired) electrons. The number of methoxy groups -OCH3 is 1. The molecule has 1 aliphatic carbocycles. The summed E-state index contributed by atoms with van der Waals surface area (Å²) in [6.45, 7) is 0. The van der Waals surface area contributed by atoms with Crippen molar-refractivity contribution in [2.75, 3.05) is 7.11 Å². The first-order valence-electron chi connectivity index (χ1n) is 4.25. The van der Waals surface area contributed by atoms with E-state index in [0.717, 1.165) is 10.0 Å². The van der Waals surface area contributed by atoms with E-state index < -0.39 is 0 Å². The first-order valence-corrected chi connectivity index (χ1v) is 5.04. The third-order valence-corrected chi connectivity index (χ3v) is 2.98. The topological polar surface area (TPSA) is 9.23 Å². The Morgan fingerprint density at radius 2 is 2.15 bits per heavy atom. The van der Waals surface area contributed by atoms with Crippen LogP contribution in [0.3, 0.4) is 0 Å². The van der Waals surface area contributed by atoms with Crippen LogP contribution in [0.4, 0.5) is 4.39 Å². The van der Waals surface area contributed by atoms with Crippen molar-refractivity contribution in [1.29, 1.82) is 0 Å². The Morgan fingerprint density at radius 3 is 2.69 bits per heavy atom. The van der Waals surface area contributed by atoms with Crippen LogP contribution in [0.2, 0.25) is 0 Å². The second-order valence-corrected chi connectivity index (χ2v) is 4.14. The molecular weight excluding hydrogens is 235 g/mol. The lowest BCUT2D eigenvalue weighted by Crippen LogP contribution is -1.91. The molecule has 2 rings (SSSR count). The smallest absolute Gasteiger partial charge is 0.165 e. The molecule has 1 saturated carbocycles. The fraction of sp³-hybridized carbons (Fsp3) is 0.400. The van der Waals surface area contributed by atoms with E-state index in [1.807, 2.05) is 0 Å². The van der Waals surface area contributed by atoms with Gasteiger partial charge in [-0.1, -0.05) is 15.9 Å². The van der Waals surface area contributed by atoms with Crippen molar-refractivity contribution < 1.29 is 9.13 Å². The third kappa shape index (κ3) is 1.70. The predicted molar refractivity (Wildman–Crippen MR) is 52.6 cm³/mol. The quantitative estimate of drug-likeness (QED) is 0.775. The molecule has 0 spiro atoms. The summed E-state index contributed by atoms with van der Waals surface area (Å²) >= 11 is 3.42. The molecule has 13 heavy (non-hydrogen) atoms. The Morgan fingerprint density at radius 1 is 1.46 bits per heavy atom. The van der Waals surface area contributed by atoms with Crippen molar-refractivity contribution in [1.82, 2.24) is 0 Å². The van der Waals surface area contributed by atoms with E-state index in [9.17, 15) is 4.39 Å². The van der Waals surface area contributed by atoms with Gasteiger partial charge in [0.25, 0.3) is 0 Å². The molecule has 70 valence electrons. The summed E-state index contributed by atoms with van der Waals surface area (Å²) < 4.78 is 19.1. The van der Waals surface area contributed by atoms with Crippen molar-refractivity contribution in [3.05, 3.63) is 28.0 Å². The van der Waals surface area contributed by atoms with Crippen LogP contribution in [-0.2, 0) is 0 Å².